The third-order valence-corrected chi connectivity index (χ3v) is 4.79. The molecule has 0 bridgehead atoms. The normalized spacial score (nSPS) is 16.1. The Kier molecular flexibility index (Phi) is 4.69. The Hall–Kier alpha value is -2.70. The first-order chi connectivity index (χ1) is 12.7. The van der Waals surface area contributed by atoms with Crippen molar-refractivity contribution in [2.24, 2.45) is 7.05 Å². The number of aromatic nitrogens is 4. The SMILES string of the molecule is Cn1nccc1[C@@H](O)c1cc2n(n1)CCN(C/C=C/c1ccccc1)C2. The number of hydrogen-bond acceptors (Lipinski definition) is 4. The van der Waals surface area contributed by atoms with Crippen LogP contribution in [0.2, 0.25) is 0 Å². The minimum absolute atomic E-state index is 0.685. The average Bonchev–Trinajstić information content (AvgIpc) is 3.28. The highest BCUT2D eigenvalue weighted by Crippen LogP contribution is 2.23. The van der Waals surface area contributed by atoms with Gasteiger partial charge in [0.05, 0.1) is 23.6 Å². The van der Waals surface area contributed by atoms with Crippen molar-refractivity contribution in [3.05, 3.63) is 77.4 Å². The maximum atomic E-state index is 10.6. The van der Waals surface area contributed by atoms with E-state index >= 15 is 0 Å². The van der Waals surface area contributed by atoms with Gasteiger partial charge in [-0.05, 0) is 17.7 Å². The second-order valence-electron chi connectivity index (χ2n) is 6.61. The van der Waals surface area contributed by atoms with Gasteiger partial charge < -0.3 is 5.11 Å². The van der Waals surface area contributed by atoms with E-state index in [1.165, 1.54) is 5.56 Å². The monoisotopic (exact) mass is 349 g/mol. The number of hydrogen-bond donors (Lipinski definition) is 1. The first-order valence-corrected chi connectivity index (χ1v) is 8.87. The molecule has 6 nitrogen and oxygen atoms in total. The lowest BCUT2D eigenvalue weighted by molar-refractivity contribution is 0.201. The van der Waals surface area contributed by atoms with Gasteiger partial charge in [0, 0.05) is 32.9 Å². The van der Waals surface area contributed by atoms with Crippen molar-refractivity contribution in [2.75, 3.05) is 13.1 Å². The minimum Gasteiger partial charge on any atom is -0.380 e. The summed E-state index contributed by atoms with van der Waals surface area (Å²) in [6, 6.07) is 14.2. The summed E-state index contributed by atoms with van der Waals surface area (Å²) in [7, 11) is 1.83. The van der Waals surface area contributed by atoms with E-state index in [9.17, 15) is 5.11 Å². The molecule has 0 saturated heterocycles. The highest BCUT2D eigenvalue weighted by atomic mass is 16.3. The fraction of sp³-hybridized carbons (Fsp3) is 0.300. The largest absolute Gasteiger partial charge is 0.380 e. The molecular weight excluding hydrogens is 326 g/mol. The molecule has 0 amide bonds. The van der Waals surface area contributed by atoms with Gasteiger partial charge in [0.15, 0.2) is 0 Å². The summed E-state index contributed by atoms with van der Waals surface area (Å²) < 4.78 is 3.69. The number of aliphatic hydroxyl groups is 1. The summed E-state index contributed by atoms with van der Waals surface area (Å²) in [5.41, 5.74) is 3.80. The average molecular weight is 349 g/mol. The van der Waals surface area contributed by atoms with Crippen LogP contribution in [0.3, 0.4) is 0 Å². The van der Waals surface area contributed by atoms with Crippen LogP contribution in [0, 0.1) is 0 Å². The van der Waals surface area contributed by atoms with Crippen LogP contribution >= 0.6 is 0 Å². The third kappa shape index (κ3) is 3.47. The molecule has 2 aromatic heterocycles. The molecule has 0 unspecified atom stereocenters. The van der Waals surface area contributed by atoms with Gasteiger partial charge >= 0.3 is 0 Å². The van der Waals surface area contributed by atoms with Crippen molar-refractivity contribution in [3.8, 4) is 0 Å². The molecule has 0 aliphatic carbocycles. The summed E-state index contributed by atoms with van der Waals surface area (Å²) in [6.07, 6.45) is 5.30. The predicted molar refractivity (Wildman–Crippen MR) is 100 cm³/mol. The Morgan fingerprint density at radius 3 is 2.81 bits per heavy atom. The van der Waals surface area contributed by atoms with Crippen molar-refractivity contribution in [1.29, 1.82) is 0 Å². The van der Waals surface area contributed by atoms with E-state index in [2.05, 4.69) is 39.4 Å². The zero-order valence-electron chi connectivity index (χ0n) is 14.9. The van der Waals surface area contributed by atoms with Gasteiger partial charge in [0.1, 0.15) is 6.10 Å². The van der Waals surface area contributed by atoms with Crippen LogP contribution < -0.4 is 0 Å². The number of nitrogens with zero attached hydrogens (tertiary/aromatic N) is 5. The molecular formula is C20H23N5O. The molecule has 1 N–H and O–H groups in total. The molecule has 6 heteroatoms. The van der Waals surface area contributed by atoms with Crippen LogP contribution in [0.4, 0.5) is 0 Å². The molecule has 0 fully saturated rings. The van der Waals surface area contributed by atoms with Crippen LogP contribution in [0.5, 0.6) is 0 Å². The standard InChI is InChI=1S/C20H23N5O/c1-23-19(9-10-21-23)20(26)18-14-17-15-24(12-13-25(17)22-18)11-5-8-16-6-3-2-4-7-16/h2-10,14,20,26H,11-13,15H2,1H3/b8-5+/t20-/m0/s1. The van der Waals surface area contributed by atoms with Gasteiger partial charge in [0.2, 0.25) is 0 Å². The molecule has 3 heterocycles. The second-order valence-corrected chi connectivity index (χ2v) is 6.61. The van der Waals surface area contributed by atoms with E-state index in [0.29, 0.717) is 5.69 Å². The van der Waals surface area contributed by atoms with Gasteiger partial charge in [-0.1, -0.05) is 42.5 Å². The van der Waals surface area contributed by atoms with Gasteiger partial charge in [-0.2, -0.15) is 10.2 Å². The molecule has 3 aromatic rings. The summed E-state index contributed by atoms with van der Waals surface area (Å²) in [4.78, 5) is 2.39. The molecule has 134 valence electrons. The Bertz CT molecular complexity index is 896. The van der Waals surface area contributed by atoms with E-state index in [1.54, 1.807) is 10.9 Å². The van der Waals surface area contributed by atoms with Crippen LogP contribution in [0.25, 0.3) is 6.08 Å². The number of fused-ring (bicyclic) bond motifs is 1. The molecule has 1 aliphatic rings. The van der Waals surface area contributed by atoms with Crippen LogP contribution in [-0.4, -0.2) is 42.7 Å². The Balaban J connectivity index is 1.42. The molecule has 1 aliphatic heterocycles. The molecule has 4 rings (SSSR count). The Morgan fingerprint density at radius 1 is 1.19 bits per heavy atom. The van der Waals surface area contributed by atoms with E-state index in [0.717, 1.165) is 37.6 Å². The summed E-state index contributed by atoms with van der Waals surface area (Å²) >= 11 is 0. The predicted octanol–water partition coefficient (Wildman–Crippen LogP) is 2.23. The molecule has 0 saturated carbocycles. The summed E-state index contributed by atoms with van der Waals surface area (Å²) in [6.45, 7) is 3.53. The third-order valence-electron chi connectivity index (χ3n) is 4.79. The van der Waals surface area contributed by atoms with Crippen molar-refractivity contribution in [2.45, 2.75) is 19.2 Å². The van der Waals surface area contributed by atoms with E-state index in [1.807, 2.05) is 42.1 Å². The summed E-state index contributed by atoms with van der Waals surface area (Å²) in [5, 5.41) is 19.3. The topological polar surface area (TPSA) is 59.1 Å². The van der Waals surface area contributed by atoms with Crippen LogP contribution in [-0.2, 0) is 20.1 Å². The van der Waals surface area contributed by atoms with Crippen molar-refractivity contribution in [1.82, 2.24) is 24.5 Å². The summed E-state index contributed by atoms with van der Waals surface area (Å²) in [5.74, 6) is 0. The van der Waals surface area contributed by atoms with Gasteiger partial charge in [0.25, 0.3) is 0 Å². The maximum Gasteiger partial charge on any atom is 0.139 e. The first kappa shape index (κ1) is 16.8. The maximum absolute atomic E-state index is 10.6. The lowest BCUT2D eigenvalue weighted by Crippen LogP contribution is -2.33. The lowest BCUT2D eigenvalue weighted by Gasteiger charge is -2.26. The Labute approximate surface area is 153 Å². The number of rotatable bonds is 5. The fourth-order valence-electron chi connectivity index (χ4n) is 3.34. The Morgan fingerprint density at radius 2 is 2.04 bits per heavy atom. The highest BCUT2D eigenvalue weighted by Gasteiger charge is 2.22. The smallest absolute Gasteiger partial charge is 0.139 e. The molecule has 1 aromatic carbocycles. The molecule has 26 heavy (non-hydrogen) atoms. The number of aryl methyl sites for hydroxylation is 1. The minimum atomic E-state index is -0.743. The van der Waals surface area contributed by atoms with Crippen molar-refractivity contribution in [3.63, 3.8) is 0 Å². The van der Waals surface area contributed by atoms with Gasteiger partial charge in [-0.15, -0.1) is 0 Å². The lowest BCUT2D eigenvalue weighted by atomic mass is 10.1. The van der Waals surface area contributed by atoms with E-state index in [4.69, 9.17) is 0 Å². The van der Waals surface area contributed by atoms with Crippen LogP contribution in [0.15, 0.2) is 54.7 Å². The van der Waals surface area contributed by atoms with Crippen LogP contribution in [0.1, 0.15) is 28.7 Å². The van der Waals surface area contributed by atoms with Crippen molar-refractivity contribution < 1.29 is 5.11 Å². The quantitative estimate of drug-likeness (QED) is 0.767. The van der Waals surface area contributed by atoms with Crippen molar-refractivity contribution >= 4 is 6.08 Å². The zero-order valence-corrected chi connectivity index (χ0v) is 14.9. The van der Waals surface area contributed by atoms with E-state index < -0.39 is 6.10 Å². The highest BCUT2D eigenvalue weighted by molar-refractivity contribution is 5.48. The molecule has 0 spiro atoms. The van der Waals surface area contributed by atoms with E-state index in [-0.39, 0.29) is 0 Å². The number of benzene rings is 1. The molecule has 1 atom stereocenters. The first-order valence-electron chi connectivity index (χ1n) is 8.87. The second kappa shape index (κ2) is 7.27. The fourth-order valence-corrected chi connectivity index (χ4v) is 3.34. The van der Waals surface area contributed by atoms with Gasteiger partial charge in [-0.3, -0.25) is 14.3 Å². The number of aliphatic hydroxyl groups excluding tert-OH is 1. The van der Waals surface area contributed by atoms with Gasteiger partial charge in [-0.25, -0.2) is 0 Å². The molecule has 0 radical (unpaired) electrons. The zero-order chi connectivity index (χ0) is 17.9.